The molecular weight excluding hydrogens is 483 g/mol. The van der Waals surface area contributed by atoms with E-state index in [1.54, 1.807) is 24.3 Å². The fraction of sp³-hybridized carbons (Fsp3) is 0.120. The molecule has 0 aliphatic carbocycles. The monoisotopic (exact) mass is 500 g/mol. The quantitative estimate of drug-likeness (QED) is 0.277. The fourth-order valence-corrected chi connectivity index (χ4v) is 3.51. The van der Waals surface area contributed by atoms with Crippen molar-refractivity contribution >= 4 is 52.5 Å². The van der Waals surface area contributed by atoms with E-state index in [1.165, 1.54) is 19.3 Å². The van der Waals surface area contributed by atoms with E-state index in [0.717, 1.165) is 11.1 Å². The Balaban J connectivity index is 1.83. The van der Waals surface area contributed by atoms with Crippen LogP contribution in [0, 0.1) is 18.3 Å². The van der Waals surface area contributed by atoms with Crippen molar-refractivity contribution in [2.45, 2.75) is 13.5 Å². The Labute approximate surface area is 207 Å². The van der Waals surface area contributed by atoms with E-state index in [1.807, 2.05) is 37.3 Å². The van der Waals surface area contributed by atoms with E-state index >= 15 is 0 Å². The zero-order valence-electron chi connectivity index (χ0n) is 17.8. The molecule has 0 atom stereocenters. The van der Waals surface area contributed by atoms with Gasteiger partial charge in [-0.25, -0.2) is 0 Å². The highest BCUT2D eigenvalue weighted by Gasteiger charge is 2.15. The lowest BCUT2D eigenvalue weighted by molar-refractivity contribution is -0.112. The molecule has 0 spiro atoms. The number of nitriles is 1. The van der Waals surface area contributed by atoms with Gasteiger partial charge in [-0.05, 0) is 54.5 Å². The van der Waals surface area contributed by atoms with E-state index in [-0.39, 0.29) is 10.6 Å². The smallest absolute Gasteiger partial charge is 0.266 e. The number of benzene rings is 3. The third-order valence-corrected chi connectivity index (χ3v) is 5.45. The summed E-state index contributed by atoms with van der Waals surface area (Å²) in [5.74, 6) is 0.0958. The molecule has 33 heavy (non-hydrogen) atoms. The molecule has 0 unspecified atom stereocenters. The first kappa shape index (κ1) is 24.5. The van der Waals surface area contributed by atoms with Gasteiger partial charge in [0.15, 0.2) is 11.5 Å². The molecule has 8 heteroatoms. The number of nitrogens with zero attached hydrogens (tertiary/aromatic N) is 1. The van der Waals surface area contributed by atoms with Crippen LogP contribution in [0.4, 0.5) is 5.69 Å². The molecule has 168 valence electrons. The first-order valence-electron chi connectivity index (χ1n) is 9.74. The predicted octanol–water partition coefficient (Wildman–Crippen LogP) is 7.09. The van der Waals surface area contributed by atoms with Gasteiger partial charge in [-0.3, -0.25) is 4.79 Å². The van der Waals surface area contributed by atoms with Crippen LogP contribution in [0.1, 0.15) is 16.7 Å². The number of rotatable bonds is 7. The van der Waals surface area contributed by atoms with E-state index in [9.17, 15) is 10.1 Å². The summed E-state index contributed by atoms with van der Waals surface area (Å²) < 4.78 is 11.3. The van der Waals surface area contributed by atoms with Crippen molar-refractivity contribution in [2.75, 3.05) is 12.4 Å². The summed E-state index contributed by atoms with van der Waals surface area (Å²) in [6.07, 6.45) is 1.39. The molecule has 0 heterocycles. The van der Waals surface area contributed by atoms with Crippen LogP contribution in [0.5, 0.6) is 11.5 Å². The number of hydrogen-bond acceptors (Lipinski definition) is 4. The van der Waals surface area contributed by atoms with Crippen LogP contribution in [0.15, 0.2) is 60.2 Å². The Morgan fingerprint density at radius 2 is 1.79 bits per heavy atom. The van der Waals surface area contributed by atoms with Gasteiger partial charge in [0.1, 0.15) is 18.2 Å². The van der Waals surface area contributed by atoms with Gasteiger partial charge >= 0.3 is 0 Å². The highest BCUT2D eigenvalue weighted by molar-refractivity contribution is 6.36. The minimum absolute atomic E-state index is 0.155. The number of hydrogen-bond donors (Lipinski definition) is 1. The van der Waals surface area contributed by atoms with Gasteiger partial charge < -0.3 is 14.8 Å². The average Bonchev–Trinajstić information content (AvgIpc) is 2.79. The number of ether oxygens (including phenoxy) is 2. The van der Waals surface area contributed by atoms with Crippen LogP contribution in [-0.2, 0) is 11.4 Å². The summed E-state index contributed by atoms with van der Waals surface area (Å²) in [6, 6.07) is 17.7. The molecule has 0 aliphatic rings. The molecule has 3 aromatic rings. The molecule has 0 fully saturated rings. The summed E-state index contributed by atoms with van der Waals surface area (Å²) in [4.78, 5) is 12.6. The number of carbonyl (C=O) groups is 1. The van der Waals surface area contributed by atoms with Crippen molar-refractivity contribution in [3.05, 3.63) is 91.9 Å². The maximum Gasteiger partial charge on any atom is 0.266 e. The summed E-state index contributed by atoms with van der Waals surface area (Å²) in [5.41, 5.74) is 2.76. The number of halogens is 3. The molecule has 0 radical (unpaired) electrons. The van der Waals surface area contributed by atoms with Crippen LogP contribution >= 0.6 is 34.8 Å². The summed E-state index contributed by atoms with van der Waals surface area (Å²) >= 11 is 18.5. The summed E-state index contributed by atoms with van der Waals surface area (Å²) in [7, 11) is 1.48. The van der Waals surface area contributed by atoms with E-state index in [4.69, 9.17) is 44.3 Å². The highest BCUT2D eigenvalue weighted by Crippen LogP contribution is 2.37. The Hall–Kier alpha value is -3.17. The number of aryl methyl sites for hydroxylation is 1. The number of methoxy groups -OCH3 is 1. The van der Waals surface area contributed by atoms with Gasteiger partial charge in [0.2, 0.25) is 0 Å². The SMILES string of the molecule is COc1cc(/C=C(\C#N)C(=O)Nc2cc(Cl)ccc2Cl)cc(Cl)c1OCc1ccc(C)cc1. The molecular formula is C25H19Cl3N2O3. The van der Waals surface area contributed by atoms with Crippen LogP contribution in [0.25, 0.3) is 6.08 Å². The molecule has 1 N–H and O–H groups in total. The largest absolute Gasteiger partial charge is 0.493 e. The van der Waals surface area contributed by atoms with E-state index in [2.05, 4.69) is 5.32 Å². The van der Waals surface area contributed by atoms with Gasteiger partial charge in [0.25, 0.3) is 5.91 Å². The van der Waals surface area contributed by atoms with Crippen molar-refractivity contribution in [3.8, 4) is 17.6 Å². The van der Waals surface area contributed by atoms with Crippen molar-refractivity contribution in [3.63, 3.8) is 0 Å². The van der Waals surface area contributed by atoms with Gasteiger partial charge in [0.05, 0.1) is 22.8 Å². The molecule has 1 amide bonds. The Morgan fingerprint density at radius 1 is 1.06 bits per heavy atom. The zero-order valence-corrected chi connectivity index (χ0v) is 20.1. The van der Waals surface area contributed by atoms with Crippen LogP contribution in [-0.4, -0.2) is 13.0 Å². The Bertz CT molecular complexity index is 1250. The lowest BCUT2D eigenvalue weighted by Gasteiger charge is -2.14. The van der Waals surface area contributed by atoms with Gasteiger partial charge in [-0.1, -0.05) is 64.6 Å². The minimum atomic E-state index is -0.642. The third kappa shape index (κ3) is 6.43. The Morgan fingerprint density at radius 3 is 2.45 bits per heavy atom. The van der Waals surface area contributed by atoms with Crippen LogP contribution < -0.4 is 14.8 Å². The fourth-order valence-electron chi connectivity index (χ4n) is 2.90. The first-order chi connectivity index (χ1) is 15.8. The van der Waals surface area contributed by atoms with Gasteiger partial charge in [0, 0.05) is 5.02 Å². The molecule has 0 saturated heterocycles. The number of carbonyl (C=O) groups excluding carboxylic acids is 1. The lowest BCUT2D eigenvalue weighted by atomic mass is 10.1. The van der Waals surface area contributed by atoms with Crippen molar-refractivity contribution in [1.82, 2.24) is 0 Å². The molecule has 0 saturated carbocycles. The van der Waals surface area contributed by atoms with Crippen LogP contribution in [0.2, 0.25) is 15.1 Å². The number of nitrogens with one attached hydrogen (secondary N) is 1. The van der Waals surface area contributed by atoms with Gasteiger partial charge in [-0.15, -0.1) is 0 Å². The third-order valence-electron chi connectivity index (χ3n) is 4.61. The van der Waals surface area contributed by atoms with Crippen molar-refractivity contribution in [1.29, 1.82) is 5.26 Å². The maximum atomic E-state index is 12.6. The molecule has 0 bridgehead atoms. The second kappa shape index (κ2) is 11.1. The molecule has 0 aromatic heterocycles. The second-order valence-corrected chi connectivity index (χ2v) is 8.31. The highest BCUT2D eigenvalue weighted by atomic mass is 35.5. The molecule has 0 aliphatic heterocycles. The second-order valence-electron chi connectivity index (χ2n) is 7.06. The summed E-state index contributed by atoms with van der Waals surface area (Å²) in [6.45, 7) is 2.31. The van der Waals surface area contributed by atoms with E-state index < -0.39 is 5.91 Å². The molecule has 5 nitrogen and oxygen atoms in total. The normalized spacial score (nSPS) is 11.0. The topological polar surface area (TPSA) is 71.3 Å². The van der Waals surface area contributed by atoms with Crippen LogP contribution in [0.3, 0.4) is 0 Å². The Kier molecular flexibility index (Phi) is 8.24. The summed E-state index contributed by atoms with van der Waals surface area (Å²) in [5, 5.41) is 13.1. The van der Waals surface area contributed by atoms with Crippen molar-refractivity contribution < 1.29 is 14.3 Å². The first-order valence-corrected chi connectivity index (χ1v) is 10.9. The number of anilines is 1. The molecule has 3 rings (SSSR count). The lowest BCUT2D eigenvalue weighted by Crippen LogP contribution is -2.13. The van der Waals surface area contributed by atoms with E-state index in [0.29, 0.717) is 39.4 Å². The van der Waals surface area contributed by atoms with Gasteiger partial charge in [-0.2, -0.15) is 5.26 Å². The average molecular weight is 502 g/mol. The molecule has 3 aromatic carbocycles. The minimum Gasteiger partial charge on any atom is -0.493 e. The zero-order chi connectivity index (χ0) is 24.0. The standard InChI is InChI=1S/C25H19Cl3N2O3/c1-15-3-5-16(6-4-15)14-33-24-21(28)10-17(11-23(24)32-2)9-18(13-29)25(31)30-22-12-19(26)7-8-20(22)27/h3-12H,14H2,1-2H3,(H,30,31)/b18-9+. The maximum absolute atomic E-state index is 12.6. The van der Waals surface area contributed by atoms with Crippen molar-refractivity contribution in [2.24, 2.45) is 0 Å². The predicted molar refractivity (Wildman–Crippen MR) is 132 cm³/mol. The number of amides is 1.